The van der Waals surface area contributed by atoms with E-state index in [1.807, 2.05) is 0 Å². The van der Waals surface area contributed by atoms with Crippen LogP contribution in [0.25, 0.3) is 0 Å². The van der Waals surface area contributed by atoms with E-state index in [9.17, 15) is 14.0 Å². The van der Waals surface area contributed by atoms with Crippen LogP contribution in [0.3, 0.4) is 0 Å². The highest BCUT2D eigenvalue weighted by atomic mass is 19.1. The van der Waals surface area contributed by atoms with Gasteiger partial charge in [-0.1, -0.05) is 6.07 Å². The highest BCUT2D eigenvalue weighted by Crippen LogP contribution is 2.31. The van der Waals surface area contributed by atoms with Gasteiger partial charge in [-0.2, -0.15) is 0 Å². The van der Waals surface area contributed by atoms with Crippen molar-refractivity contribution >= 4 is 11.9 Å². The molecule has 6 heteroatoms. The number of nitrogens with one attached hydrogen (secondary N) is 1. The lowest BCUT2D eigenvalue weighted by Crippen LogP contribution is -2.59. The maximum absolute atomic E-state index is 12.9. The van der Waals surface area contributed by atoms with Crippen molar-refractivity contribution in [1.29, 1.82) is 0 Å². The predicted molar refractivity (Wildman–Crippen MR) is 64.3 cm³/mol. The second kappa shape index (κ2) is 5.26. The molecule has 1 fully saturated rings. The third kappa shape index (κ3) is 3.01. The molecule has 0 aliphatic heterocycles. The van der Waals surface area contributed by atoms with E-state index < -0.39 is 23.2 Å². The molecule has 0 radical (unpaired) electrons. The molecule has 0 saturated heterocycles. The van der Waals surface area contributed by atoms with Crippen molar-refractivity contribution in [3.63, 3.8) is 0 Å². The molecule has 1 saturated carbocycles. The highest BCUT2D eigenvalue weighted by molar-refractivity contribution is 5.88. The summed E-state index contributed by atoms with van der Waals surface area (Å²) in [6.07, 6.45) is 1.62. The zero-order valence-corrected chi connectivity index (χ0v) is 10.2. The number of ether oxygens (including phenoxy) is 1. The molecule has 0 atom stereocenters. The van der Waals surface area contributed by atoms with Gasteiger partial charge in [0.05, 0.1) is 0 Å². The Hall–Kier alpha value is -2.11. The monoisotopic (exact) mass is 267 g/mol. The van der Waals surface area contributed by atoms with Gasteiger partial charge in [0.25, 0.3) is 5.91 Å². The van der Waals surface area contributed by atoms with E-state index in [0.717, 1.165) is 12.5 Å². The minimum atomic E-state index is -1.15. The Kier molecular flexibility index (Phi) is 3.69. The van der Waals surface area contributed by atoms with Crippen LogP contribution in [0.4, 0.5) is 4.39 Å². The molecule has 1 aromatic carbocycles. The van der Waals surface area contributed by atoms with E-state index in [1.54, 1.807) is 0 Å². The molecule has 5 nitrogen and oxygen atoms in total. The normalized spacial score (nSPS) is 16.3. The maximum atomic E-state index is 12.9. The van der Waals surface area contributed by atoms with Crippen LogP contribution in [0.5, 0.6) is 5.75 Å². The van der Waals surface area contributed by atoms with Crippen LogP contribution < -0.4 is 10.1 Å². The molecular weight excluding hydrogens is 253 g/mol. The molecule has 0 unspecified atom stereocenters. The summed E-state index contributed by atoms with van der Waals surface area (Å²) in [4.78, 5) is 22.7. The lowest BCUT2D eigenvalue weighted by Gasteiger charge is -2.38. The lowest BCUT2D eigenvalue weighted by atomic mass is 9.77. The number of carboxylic acids is 1. The summed E-state index contributed by atoms with van der Waals surface area (Å²) in [5, 5.41) is 11.5. The average Bonchev–Trinajstić information content (AvgIpc) is 2.31. The molecule has 1 aliphatic carbocycles. The van der Waals surface area contributed by atoms with Gasteiger partial charge in [0.15, 0.2) is 6.61 Å². The fourth-order valence-electron chi connectivity index (χ4n) is 1.93. The summed E-state index contributed by atoms with van der Waals surface area (Å²) in [7, 11) is 0. The van der Waals surface area contributed by atoms with Crippen molar-refractivity contribution in [3.8, 4) is 5.75 Å². The fraction of sp³-hybridized carbons (Fsp3) is 0.385. The van der Waals surface area contributed by atoms with Crippen LogP contribution >= 0.6 is 0 Å². The van der Waals surface area contributed by atoms with Gasteiger partial charge >= 0.3 is 5.97 Å². The first-order valence-corrected chi connectivity index (χ1v) is 5.95. The molecular formula is C13H14FNO4. The third-order valence-corrected chi connectivity index (χ3v) is 3.16. The Labute approximate surface area is 109 Å². The number of amides is 1. The Morgan fingerprint density at radius 2 is 2.16 bits per heavy atom. The summed E-state index contributed by atoms with van der Waals surface area (Å²) in [6, 6.07) is 5.41. The van der Waals surface area contributed by atoms with Gasteiger partial charge in [0.1, 0.15) is 17.1 Å². The van der Waals surface area contributed by atoms with Crippen molar-refractivity contribution in [2.24, 2.45) is 0 Å². The molecule has 0 spiro atoms. The van der Waals surface area contributed by atoms with Gasteiger partial charge in [0, 0.05) is 6.07 Å². The Morgan fingerprint density at radius 3 is 2.68 bits per heavy atom. The van der Waals surface area contributed by atoms with Gasteiger partial charge in [-0.05, 0) is 31.4 Å². The Morgan fingerprint density at radius 1 is 1.42 bits per heavy atom. The molecule has 1 aromatic rings. The lowest BCUT2D eigenvalue weighted by molar-refractivity contribution is -0.152. The van der Waals surface area contributed by atoms with E-state index in [0.29, 0.717) is 12.8 Å². The molecule has 0 bridgehead atoms. The average molecular weight is 267 g/mol. The predicted octanol–water partition coefficient (Wildman–Crippen LogP) is 1.33. The smallest absolute Gasteiger partial charge is 0.329 e. The summed E-state index contributed by atoms with van der Waals surface area (Å²) in [5.74, 6) is -1.78. The number of halogens is 1. The number of aliphatic carboxylic acids is 1. The van der Waals surface area contributed by atoms with Crippen LogP contribution in [-0.2, 0) is 9.59 Å². The fourth-order valence-corrected chi connectivity index (χ4v) is 1.93. The zero-order valence-electron chi connectivity index (χ0n) is 10.2. The summed E-state index contributed by atoms with van der Waals surface area (Å²) in [5.41, 5.74) is -1.15. The quantitative estimate of drug-likeness (QED) is 0.843. The van der Waals surface area contributed by atoms with Crippen molar-refractivity contribution < 1.29 is 23.8 Å². The topological polar surface area (TPSA) is 75.6 Å². The van der Waals surface area contributed by atoms with Crippen LogP contribution in [0.1, 0.15) is 19.3 Å². The van der Waals surface area contributed by atoms with Gasteiger partial charge in [-0.15, -0.1) is 0 Å². The van der Waals surface area contributed by atoms with Crippen LogP contribution in [-0.4, -0.2) is 29.1 Å². The standard InChI is InChI=1S/C13H14FNO4/c14-9-3-1-4-10(7-9)19-8-11(16)15-13(12(17)18)5-2-6-13/h1,3-4,7H,2,5-6,8H2,(H,15,16)(H,17,18). The van der Waals surface area contributed by atoms with Gasteiger partial charge in [0.2, 0.25) is 0 Å². The van der Waals surface area contributed by atoms with Crippen LogP contribution in [0, 0.1) is 5.82 Å². The van der Waals surface area contributed by atoms with Gasteiger partial charge in [-0.25, -0.2) is 9.18 Å². The Balaban J connectivity index is 1.86. The summed E-state index contributed by atoms with van der Waals surface area (Å²) < 4.78 is 18.0. The first-order chi connectivity index (χ1) is 9.02. The molecule has 102 valence electrons. The molecule has 1 aliphatic rings. The van der Waals surface area contributed by atoms with Gasteiger partial charge in [-0.3, -0.25) is 4.79 Å². The van der Waals surface area contributed by atoms with E-state index in [4.69, 9.17) is 9.84 Å². The van der Waals surface area contributed by atoms with Crippen molar-refractivity contribution in [3.05, 3.63) is 30.1 Å². The second-order valence-corrected chi connectivity index (χ2v) is 4.54. The van der Waals surface area contributed by atoms with E-state index in [1.165, 1.54) is 18.2 Å². The molecule has 19 heavy (non-hydrogen) atoms. The number of carbonyl (C=O) groups is 2. The van der Waals surface area contributed by atoms with Crippen molar-refractivity contribution in [2.75, 3.05) is 6.61 Å². The minimum Gasteiger partial charge on any atom is -0.484 e. The zero-order chi connectivity index (χ0) is 13.9. The Bertz CT molecular complexity index is 499. The number of hydrogen-bond acceptors (Lipinski definition) is 3. The van der Waals surface area contributed by atoms with E-state index in [-0.39, 0.29) is 12.4 Å². The summed E-state index contributed by atoms with van der Waals surface area (Å²) >= 11 is 0. The second-order valence-electron chi connectivity index (χ2n) is 4.54. The van der Waals surface area contributed by atoms with Crippen LogP contribution in [0.2, 0.25) is 0 Å². The largest absolute Gasteiger partial charge is 0.484 e. The highest BCUT2D eigenvalue weighted by Gasteiger charge is 2.45. The molecule has 0 aromatic heterocycles. The molecule has 2 rings (SSSR count). The molecule has 1 amide bonds. The number of benzene rings is 1. The summed E-state index contributed by atoms with van der Waals surface area (Å²) in [6.45, 7) is -0.335. The SMILES string of the molecule is O=C(COc1cccc(F)c1)NC1(C(=O)O)CCC1. The third-order valence-electron chi connectivity index (χ3n) is 3.16. The number of rotatable bonds is 5. The first kappa shape index (κ1) is 13.3. The first-order valence-electron chi connectivity index (χ1n) is 5.95. The van der Waals surface area contributed by atoms with Crippen molar-refractivity contribution in [1.82, 2.24) is 5.32 Å². The minimum absolute atomic E-state index is 0.230. The van der Waals surface area contributed by atoms with E-state index in [2.05, 4.69) is 5.32 Å². The molecule has 2 N–H and O–H groups in total. The van der Waals surface area contributed by atoms with Crippen LogP contribution in [0.15, 0.2) is 24.3 Å². The number of carbonyl (C=O) groups excluding carboxylic acids is 1. The molecule has 0 heterocycles. The van der Waals surface area contributed by atoms with Gasteiger partial charge < -0.3 is 15.2 Å². The number of carboxylic acid groups (broad SMARTS) is 1. The maximum Gasteiger partial charge on any atom is 0.329 e. The number of hydrogen-bond donors (Lipinski definition) is 2. The van der Waals surface area contributed by atoms with E-state index >= 15 is 0 Å². The van der Waals surface area contributed by atoms with Crippen molar-refractivity contribution in [2.45, 2.75) is 24.8 Å².